The minimum absolute atomic E-state index is 0.148. The van der Waals surface area contributed by atoms with Crippen molar-refractivity contribution in [2.75, 3.05) is 18.7 Å². The zero-order chi connectivity index (χ0) is 12.5. The van der Waals surface area contributed by atoms with Crippen LogP contribution in [0, 0.1) is 0 Å². The first-order valence-corrected chi connectivity index (χ1v) is 5.84. The molecule has 2 unspecified atom stereocenters. The zero-order valence-corrected chi connectivity index (χ0v) is 9.68. The molecular formula is C12H14N2O4. The number of amides is 1. The number of hydrogen-bond acceptors (Lipinski definition) is 5. The standard InChI is InChI=1S/C12H14N2O4/c15-8-4-9(13-5-8)12(16)14-7-1-2-10-11(3-7)18-6-17-10/h1-3,8-9,13,15H,4-6H2,(H,14,16). The van der Waals surface area contributed by atoms with Gasteiger partial charge in [-0.2, -0.15) is 0 Å². The van der Waals surface area contributed by atoms with Crippen LogP contribution in [-0.4, -0.2) is 36.5 Å². The Balaban J connectivity index is 1.67. The lowest BCUT2D eigenvalue weighted by atomic mass is 10.2. The van der Waals surface area contributed by atoms with Gasteiger partial charge < -0.3 is 25.2 Å². The maximum atomic E-state index is 11.9. The maximum absolute atomic E-state index is 11.9. The molecule has 0 spiro atoms. The number of aliphatic hydroxyl groups excluding tert-OH is 1. The Morgan fingerprint density at radius 3 is 3.00 bits per heavy atom. The van der Waals surface area contributed by atoms with Crippen LogP contribution in [0.2, 0.25) is 0 Å². The summed E-state index contributed by atoms with van der Waals surface area (Å²) in [6.07, 6.45) is -0.00590. The summed E-state index contributed by atoms with van der Waals surface area (Å²) in [5, 5.41) is 15.1. The SMILES string of the molecule is O=C(Nc1ccc2c(c1)OCO2)C1CC(O)CN1. The Morgan fingerprint density at radius 2 is 2.22 bits per heavy atom. The topological polar surface area (TPSA) is 79.8 Å². The van der Waals surface area contributed by atoms with E-state index in [1.54, 1.807) is 18.2 Å². The maximum Gasteiger partial charge on any atom is 0.241 e. The third-order valence-electron chi connectivity index (χ3n) is 3.06. The van der Waals surface area contributed by atoms with Gasteiger partial charge in [0.2, 0.25) is 12.7 Å². The monoisotopic (exact) mass is 250 g/mol. The highest BCUT2D eigenvalue weighted by atomic mass is 16.7. The molecule has 2 atom stereocenters. The summed E-state index contributed by atoms with van der Waals surface area (Å²) in [4.78, 5) is 11.9. The van der Waals surface area contributed by atoms with Crippen LogP contribution in [0.4, 0.5) is 5.69 Å². The molecule has 3 N–H and O–H groups in total. The lowest BCUT2D eigenvalue weighted by Crippen LogP contribution is -2.35. The summed E-state index contributed by atoms with van der Waals surface area (Å²) in [7, 11) is 0. The summed E-state index contributed by atoms with van der Waals surface area (Å²) in [5.74, 6) is 1.17. The summed E-state index contributed by atoms with van der Waals surface area (Å²) in [6, 6.07) is 4.91. The lowest BCUT2D eigenvalue weighted by Gasteiger charge is -2.11. The molecule has 96 valence electrons. The summed E-state index contributed by atoms with van der Waals surface area (Å²) in [6.45, 7) is 0.669. The highest BCUT2D eigenvalue weighted by Crippen LogP contribution is 2.34. The number of carbonyl (C=O) groups is 1. The summed E-state index contributed by atoms with van der Waals surface area (Å²) < 4.78 is 10.4. The number of hydrogen-bond donors (Lipinski definition) is 3. The van der Waals surface area contributed by atoms with Gasteiger partial charge in [0.1, 0.15) is 0 Å². The Kier molecular flexibility index (Phi) is 2.81. The first-order chi connectivity index (χ1) is 8.72. The smallest absolute Gasteiger partial charge is 0.241 e. The van der Waals surface area contributed by atoms with Gasteiger partial charge in [-0.3, -0.25) is 4.79 Å². The van der Waals surface area contributed by atoms with E-state index >= 15 is 0 Å². The third kappa shape index (κ3) is 2.12. The third-order valence-corrected chi connectivity index (χ3v) is 3.06. The number of aliphatic hydroxyl groups is 1. The minimum atomic E-state index is -0.447. The van der Waals surface area contributed by atoms with Crippen molar-refractivity contribution in [3.05, 3.63) is 18.2 Å². The number of nitrogens with one attached hydrogen (secondary N) is 2. The van der Waals surface area contributed by atoms with Gasteiger partial charge in [0.15, 0.2) is 11.5 Å². The molecule has 1 fully saturated rings. The fourth-order valence-corrected chi connectivity index (χ4v) is 2.12. The number of carbonyl (C=O) groups excluding carboxylic acids is 1. The van der Waals surface area contributed by atoms with Crippen LogP contribution in [0.5, 0.6) is 11.5 Å². The Bertz CT molecular complexity index is 477. The molecule has 0 aliphatic carbocycles. The number of benzene rings is 1. The molecule has 3 rings (SSSR count). The fraction of sp³-hybridized carbons (Fsp3) is 0.417. The van der Waals surface area contributed by atoms with E-state index in [9.17, 15) is 9.90 Å². The van der Waals surface area contributed by atoms with Gasteiger partial charge in [0.05, 0.1) is 12.1 Å². The Labute approximate surface area is 104 Å². The van der Waals surface area contributed by atoms with E-state index in [0.717, 1.165) is 0 Å². The van der Waals surface area contributed by atoms with E-state index < -0.39 is 6.10 Å². The molecule has 18 heavy (non-hydrogen) atoms. The van der Waals surface area contributed by atoms with Gasteiger partial charge in [-0.15, -0.1) is 0 Å². The molecule has 6 nitrogen and oxygen atoms in total. The van der Waals surface area contributed by atoms with Crippen LogP contribution in [0.25, 0.3) is 0 Å². The van der Waals surface area contributed by atoms with Gasteiger partial charge in [0.25, 0.3) is 0 Å². The van der Waals surface area contributed by atoms with Crippen molar-refractivity contribution in [1.29, 1.82) is 0 Å². The van der Waals surface area contributed by atoms with E-state index in [-0.39, 0.29) is 18.7 Å². The van der Waals surface area contributed by atoms with E-state index in [4.69, 9.17) is 9.47 Å². The molecule has 2 aliphatic rings. The normalized spacial score (nSPS) is 25.2. The van der Waals surface area contributed by atoms with Gasteiger partial charge in [0, 0.05) is 18.3 Å². The minimum Gasteiger partial charge on any atom is -0.454 e. The first kappa shape index (κ1) is 11.3. The van der Waals surface area contributed by atoms with Crippen LogP contribution < -0.4 is 20.1 Å². The average Bonchev–Trinajstić information content (AvgIpc) is 2.96. The predicted molar refractivity (Wildman–Crippen MR) is 63.6 cm³/mol. The Morgan fingerprint density at radius 1 is 1.39 bits per heavy atom. The molecule has 0 saturated carbocycles. The number of anilines is 1. The quantitative estimate of drug-likeness (QED) is 0.692. The van der Waals surface area contributed by atoms with Crippen molar-refractivity contribution in [1.82, 2.24) is 5.32 Å². The summed E-state index contributed by atoms with van der Waals surface area (Å²) in [5.41, 5.74) is 0.660. The van der Waals surface area contributed by atoms with Gasteiger partial charge in [-0.25, -0.2) is 0 Å². The number of ether oxygens (including phenoxy) is 2. The highest BCUT2D eigenvalue weighted by molar-refractivity contribution is 5.95. The second-order valence-electron chi connectivity index (χ2n) is 4.41. The van der Waals surface area contributed by atoms with Crippen molar-refractivity contribution in [2.24, 2.45) is 0 Å². The molecule has 2 heterocycles. The first-order valence-electron chi connectivity index (χ1n) is 5.84. The Hall–Kier alpha value is -1.79. The van der Waals surface area contributed by atoms with E-state index in [1.807, 2.05) is 0 Å². The number of rotatable bonds is 2. The molecule has 1 amide bonds. The van der Waals surface area contributed by atoms with Crippen molar-refractivity contribution < 1.29 is 19.4 Å². The molecule has 1 aromatic carbocycles. The molecule has 0 bridgehead atoms. The molecule has 0 radical (unpaired) electrons. The van der Waals surface area contributed by atoms with Gasteiger partial charge >= 0.3 is 0 Å². The van der Waals surface area contributed by atoms with Crippen molar-refractivity contribution in [2.45, 2.75) is 18.6 Å². The summed E-state index contributed by atoms with van der Waals surface area (Å²) >= 11 is 0. The van der Waals surface area contributed by atoms with Crippen molar-refractivity contribution >= 4 is 11.6 Å². The van der Waals surface area contributed by atoms with Crippen LogP contribution in [0.1, 0.15) is 6.42 Å². The molecule has 1 aromatic rings. The predicted octanol–water partition coefficient (Wildman–Crippen LogP) is 0.0766. The molecule has 0 aromatic heterocycles. The number of β-amino-alcohol motifs (C(OH)–C–C–N with tert-alkyl or cyclic N) is 1. The van der Waals surface area contributed by atoms with Gasteiger partial charge in [-0.1, -0.05) is 0 Å². The molecule has 1 saturated heterocycles. The van der Waals surface area contributed by atoms with E-state index in [0.29, 0.717) is 30.2 Å². The second-order valence-corrected chi connectivity index (χ2v) is 4.41. The number of fused-ring (bicyclic) bond motifs is 1. The molecule has 6 heteroatoms. The largest absolute Gasteiger partial charge is 0.454 e. The van der Waals surface area contributed by atoms with Crippen LogP contribution >= 0.6 is 0 Å². The van der Waals surface area contributed by atoms with E-state index in [1.165, 1.54) is 0 Å². The van der Waals surface area contributed by atoms with Crippen molar-refractivity contribution in [3.8, 4) is 11.5 Å². The fourth-order valence-electron chi connectivity index (χ4n) is 2.12. The lowest BCUT2D eigenvalue weighted by molar-refractivity contribution is -0.117. The second kappa shape index (κ2) is 4.47. The van der Waals surface area contributed by atoms with Crippen LogP contribution in [0.15, 0.2) is 18.2 Å². The molecule has 2 aliphatic heterocycles. The van der Waals surface area contributed by atoms with Crippen LogP contribution in [0.3, 0.4) is 0 Å². The highest BCUT2D eigenvalue weighted by Gasteiger charge is 2.28. The zero-order valence-electron chi connectivity index (χ0n) is 9.68. The average molecular weight is 250 g/mol. The van der Waals surface area contributed by atoms with Crippen molar-refractivity contribution in [3.63, 3.8) is 0 Å². The van der Waals surface area contributed by atoms with Crippen LogP contribution in [-0.2, 0) is 4.79 Å². The van der Waals surface area contributed by atoms with E-state index in [2.05, 4.69) is 10.6 Å². The molecular weight excluding hydrogens is 236 g/mol. The van der Waals surface area contributed by atoms with Gasteiger partial charge in [-0.05, 0) is 18.6 Å².